The number of alkyl halides is 3. The van der Waals surface area contributed by atoms with Crippen LogP contribution in [0, 0.1) is 70.3 Å². The van der Waals surface area contributed by atoms with Gasteiger partial charge in [0.05, 0.1) is 0 Å². The Hall–Kier alpha value is -2.98. The van der Waals surface area contributed by atoms with E-state index in [0.29, 0.717) is 48.8 Å². The van der Waals surface area contributed by atoms with E-state index in [9.17, 15) is 22.8 Å². The number of rotatable bonds is 8. The van der Waals surface area contributed by atoms with Gasteiger partial charge in [-0.2, -0.15) is 13.2 Å². The van der Waals surface area contributed by atoms with Gasteiger partial charge in [-0.15, -0.1) is 45.6 Å². The van der Waals surface area contributed by atoms with E-state index in [1.165, 1.54) is 24.3 Å². The number of Topliss-reactive ketones (excluding diaryl/α,β-unsaturated/α-hetero) is 2. The SMILES string of the molecule is CC(=O)Oc1cc2c(s1)C1C(C#C[Si](C(C)C)(C(C)C)C(C)C)C(C)C3C4C(=O)c5cc(OC(=O)C(F)(F)F)sc5C4C(C#C[Si](C(C)C)(C(C)C)C(C)C)C(C)C3C1C2=O. The maximum atomic E-state index is 15.1. The van der Waals surface area contributed by atoms with Crippen LogP contribution in [0.4, 0.5) is 13.2 Å². The van der Waals surface area contributed by atoms with E-state index >= 15 is 9.59 Å². The fraction of sp³-hybridized carbons (Fsp3) is 0.667. The molecule has 4 aliphatic carbocycles. The topological polar surface area (TPSA) is 86.7 Å². The molecule has 10 atom stereocenters. The molecule has 0 saturated heterocycles. The van der Waals surface area contributed by atoms with E-state index in [2.05, 4.69) is 120 Å². The number of fused-ring (bicyclic) bond motifs is 9. The summed E-state index contributed by atoms with van der Waals surface area (Å²) in [5.41, 5.74) is 10.9. The zero-order valence-corrected chi connectivity index (χ0v) is 41.9. The first-order chi connectivity index (χ1) is 28.2. The first-order valence-corrected chi connectivity index (χ1v) is 28.2. The molecule has 6 rings (SSSR count). The fourth-order valence-corrected chi connectivity index (χ4v) is 26.4. The van der Waals surface area contributed by atoms with Gasteiger partial charge < -0.3 is 9.47 Å². The predicted molar refractivity (Wildman–Crippen MR) is 243 cm³/mol. The Morgan fingerprint density at radius 3 is 1.23 bits per heavy atom. The lowest BCUT2D eigenvalue weighted by atomic mass is 9.46. The molecule has 0 spiro atoms. The Bertz CT molecular complexity index is 2170. The number of hydrogen-bond donors (Lipinski definition) is 0. The molecule has 0 aromatic carbocycles. The van der Waals surface area contributed by atoms with Gasteiger partial charge in [-0.25, -0.2) is 4.79 Å². The third-order valence-electron chi connectivity index (χ3n) is 15.7. The fourth-order valence-electron chi connectivity index (χ4n) is 13.3. The van der Waals surface area contributed by atoms with E-state index in [4.69, 9.17) is 9.47 Å². The minimum Gasteiger partial charge on any atom is -0.416 e. The first kappa shape index (κ1) is 47.5. The van der Waals surface area contributed by atoms with Crippen LogP contribution in [0.15, 0.2) is 12.1 Å². The molecule has 0 radical (unpaired) electrons. The molecule has 10 unspecified atom stereocenters. The van der Waals surface area contributed by atoms with E-state index in [1.54, 1.807) is 6.07 Å². The minimum atomic E-state index is -5.19. The first-order valence-electron chi connectivity index (χ1n) is 22.1. The lowest BCUT2D eigenvalue weighted by Gasteiger charge is -2.56. The van der Waals surface area contributed by atoms with Crippen molar-refractivity contribution in [3.63, 3.8) is 0 Å². The maximum Gasteiger partial charge on any atom is 0.491 e. The van der Waals surface area contributed by atoms with E-state index in [1.807, 2.05) is 0 Å². The summed E-state index contributed by atoms with van der Waals surface area (Å²) >= 11 is 2.30. The number of hydrogen-bond acceptors (Lipinski definition) is 8. The number of ether oxygens (including phenoxy) is 2. The van der Waals surface area contributed by atoms with Crippen molar-refractivity contribution in [2.75, 3.05) is 0 Å². The highest BCUT2D eigenvalue weighted by Crippen LogP contribution is 2.69. The third kappa shape index (κ3) is 7.57. The Kier molecular flexibility index (Phi) is 13.1. The second kappa shape index (κ2) is 16.9. The molecule has 2 fully saturated rings. The van der Waals surface area contributed by atoms with Gasteiger partial charge in [-0.3, -0.25) is 14.4 Å². The van der Waals surface area contributed by atoms with Crippen LogP contribution in [0.3, 0.4) is 0 Å². The highest BCUT2D eigenvalue weighted by molar-refractivity contribution is 7.15. The van der Waals surface area contributed by atoms with E-state index < -0.39 is 57.9 Å². The molecule has 61 heavy (non-hydrogen) atoms. The van der Waals surface area contributed by atoms with Crippen molar-refractivity contribution >= 4 is 62.3 Å². The maximum absolute atomic E-state index is 15.1. The number of thiophene rings is 2. The molecule has 2 saturated carbocycles. The van der Waals surface area contributed by atoms with Crippen LogP contribution in [0.2, 0.25) is 33.2 Å². The van der Waals surface area contributed by atoms with Crippen molar-refractivity contribution in [2.24, 2.45) is 47.3 Å². The second-order valence-corrected chi connectivity index (χ2v) is 33.5. The number of halogens is 3. The summed E-state index contributed by atoms with van der Waals surface area (Å²) in [7, 11) is -4.58. The van der Waals surface area contributed by atoms with Crippen molar-refractivity contribution in [3.05, 3.63) is 33.0 Å². The van der Waals surface area contributed by atoms with Crippen LogP contribution < -0.4 is 9.47 Å². The Balaban J connectivity index is 1.60. The number of carbonyl (C=O) groups excluding carboxylic acids is 4. The highest BCUT2D eigenvalue weighted by Gasteiger charge is 2.67. The quantitative estimate of drug-likeness (QED) is 0.149. The normalized spacial score (nSPS) is 28.3. The summed E-state index contributed by atoms with van der Waals surface area (Å²) in [6.45, 7) is 32.8. The van der Waals surface area contributed by atoms with Gasteiger partial charge in [-0.1, -0.05) is 96.9 Å². The zero-order valence-electron chi connectivity index (χ0n) is 38.3. The molecule has 2 heterocycles. The third-order valence-corrected chi connectivity index (χ3v) is 30.5. The van der Waals surface area contributed by atoms with Crippen molar-refractivity contribution < 1.29 is 41.8 Å². The summed E-state index contributed by atoms with van der Waals surface area (Å²) in [6.07, 6.45) is -5.19. The number of ketones is 2. The minimum absolute atomic E-state index is 0.0164. The second-order valence-electron chi connectivity index (χ2n) is 20.3. The monoisotopic (exact) mass is 912 g/mol. The van der Waals surface area contributed by atoms with Crippen LogP contribution in [0.25, 0.3) is 0 Å². The van der Waals surface area contributed by atoms with Crippen LogP contribution in [0.1, 0.15) is 146 Å². The average Bonchev–Trinajstić information content (AvgIpc) is 3.86. The molecule has 6 nitrogen and oxygen atoms in total. The largest absolute Gasteiger partial charge is 0.491 e. The van der Waals surface area contributed by atoms with Gasteiger partial charge in [0.1, 0.15) is 16.1 Å². The highest BCUT2D eigenvalue weighted by atomic mass is 32.1. The Morgan fingerprint density at radius 2 is 0.934 bits per heavy atom. The molecule has 2 aromatic rings. The molecule has 13 heteroatoms. The van der Waals surface area contributed by atoms with Gasteiger partial charge in [0.25, 0.3) is 0 Å². The van der Waals surface area contributed by atoms with Gasteiger partial charge in [0.15, 0.2) is 21.7 Å². The summed E-state index contributed by atoms with van der Waals surface area (Å²) in [6, 6.07) is 3.03. The Morgan fingerprint density at radius 1 is 0.607 bits per heavy atom. The molecule has 332 valence electrons. The molecule has 0 amide bonds. The molecular formula is C48H63F3O6S2Si2. The Labute approximate surface area is 370 Å². The molecule has 4 aliphatic rings. The molecule has 0 aliphatic heterocycles. The van der Waals surface area contributed by atoms with Crippen molar-refractivity contribution in [1.82, 2.24) is 0 Å². The smallest absolute Gasteiger partial charge is 0.416 e. The van der Waals surface area contributed by atoms with Gasteiger partial charge >= 0.3 is 18.1 Å². The van der Waals surface area contributed by atoms with Crippen LogP contribution >= 0.6 is 22.7 Å². The zero-order chi connectivity index (χ0) is 45.6. The molecule has 0 N–H and O–H groups in total. The van der Waals surface area contributed by atoms with Gasteiger partial charge in [0.2, 0.25) is 0 Å². The van der Waals surface area contributed by atoms with Crippen LogP contribution in [-0.4, -0.2) is 45.8 Å². The number of carbonyl (C=O) groups is 4. The summed E-state index contributed by atoms with van der Waals surface area (Å²) in [5.74, 6) is 1.35. The standard InChI is InChI=1S/C48H63F3O6S2Si2/c1-22(2)60(23(3)4,24(5)6)18-16-31-28(13)38-37(41-39(31)45-33(43(41)53)20-35(58-45)56-30(15)52)29(14)32(17-19-61(25(7)8,26(9)10)27(11)12)40-42(38)44(54)34-21-36(59-46(34)40)57-47(55)48(49,50)51/h20-29,31-32,37-42H,1-15H3. The van der Waals surface area contributed by atoms with E-state index in [0.717, 1.165) is 16.2 Å². The molecule has 0 bridgehead atoms. The van der Waals surface area contributed by atoms with Gasteiger partial charge in [-0.05, 0) is 56.9 Å². The van der Waals surface area contributed by atoms with Crippen molar-refractivity contribution in [1.29, 1.82) is 0 Å². The summed E-state index contributed by atoms with van der Waals surface area (Å²) in [4.78, 5) is 56.0. The average molecular weight is 913 g/mol. The summed E-state index contributed by atoms with van der Waals surface area (Å²) < 4.78 is 50.7. The number of esters is 2. The van der Waals surface area contributed by atoms with Gasteiger partial charge in [0, 0.05) is 75.4 Å². The van der Waals surface area contributed by atoms with Crippen molar-refractivity contribution in [3.8, 4) is 33.1 Å². The predicted octanol–water partition coefficient (Wildman–Crippen LogP) is 12.9. The lowest BCUT2D eigenvalue weighted by molar-refractivity contribution is -0.189. The van der Waals surface area contributed by atoms with Crippen LogP contribution in [0.5, 0.6) is 10.1 Å². The molecular weight excluding hydrogens is 850 g/mol. The van der Waals surface area contributed by atoms with E-state index in [-0.39, 0.29) is 57.7 Å². The summed E-state index contributed by atoms with van der Waals surface area (Å²) in [5, 5.41) is 0.129. The molecule has 2 aromatic heterocycles. The van der Waals surface area contributed by atoms with Crippen molar-refractivity contribution in [2.45, 2.75) is 155 Å². The lowest BCUT2D eigenvalue weighted by Crippen LogP contribution is -2.56. The van der Waals surface area contributed by atoms with Crippen LogP contribution in [-0.2, 0) is 9.59 Å².